The maximum atomic E-state index is 13.4. The lowest BCUT2D eigenvalue weighted by Crippen LogP contribution is -2.29. The highest BCUT2D eigenvalue weighted by Gasteiger charge is 2.24. The number of fused-ring (bicyclic) bond motifs is 2. The molecular formula is C28H23N9O. The molecule has 5 aromatic heterocycles. The van der Waals surface area contributed by atoms with Gasteiger partial charge in [0.15, 0.2) is 5.65 Å². The summed E-state index contributed by atoms with van der Waals surface area (Å²) in [7, 11) is 1.86. The third-order valence-electron chi connectivity index (χ3n) is 6.21. The van der Waals surface area contributed by atoms with E-state index in [1.165, 1.54) is 6.33 Å². The van der Waals surface area contributed by atoms with Gasteiger partial charge in [-0.1, -0.05) is 42.3 Å². The molecule has 0 aliphatic heterocycles. The molecule has 3 N–H and O–H groups in total. The van der Waals surface area contributed by atoms with Crippen molar-refractivity contribution in [3.63, 3.8) is 0 Å². The minimum atomic E-state index is -0.466. The van der Waals surface area contributed by atoms with Crippen LogP contribution in [-0.4, -0.2) is 39.4 Å². The van der Waals surface area contributed by atoms with Crippen LogP contribution in [0, 0.1) is 11.8 Å². The van der Waals surface area contributed by atoms with Crippen LogP contribution in [0.4, 0.5) is 5.82 Å². The molecule has 6 rings (SSSR count). The molecule has 1 amide bonds. The number of hydrogen-bond acceptors (Lipinski definition) is 6. The van der Waals surface area contributed by atoms with Crippen molar-refractivity contribution in [2.24, 2.45) is 7.05 Å². The molecule has 38 heavy (non-hydrogen) atoms. The predicted octanol–water partition coefficient (Wildman–Crippen LogP) is 3.25. The molecule has 0 spiro atoms. The van der Waals surface area contributed by atoms with Gasteiger partial charge in [0.25, 0.3) is 5.91 Å². The van der Waals surface area contributed by atoms with Crippen LogP contribution in [0.3, 0.4) is 0 Å². The summed E-state index contributed by atoms with van der Waals surface area (Å²) in [5, 5.41) is 7.24. The second-order valence-electron chi connectivity index (χ2n) is 8.83. The number of aromatic nitrogens is 7. The Balaban J connectivity index is 1.46. The number of carbonyl (C=O) groups is 1. The third kappa shape index (κ3) is 4.02. The minimum Gasteiger partial charge on any atom is -0.383 e. The van der Waals surface area contributed by atoms with E-state index in [9.17, 15) is 4.79 Å². The first-order valence-electron chi connectivity index (χ1n) is 11.9. The number of anilines is 1. The van der Waals surface area contributed by atoms with Crippen molar-refractivity contribution >= 4 is 23.0 Å². The number of rotatable bonds is 4. The largest absolute Gasteiger partial charge is 0.383 e. The van der Waals surface area contributed by atoms with Crippen LogP contribution in [-0.2, 0) is 7.05 Å². The molecule has 0 unspecified atom stereocenters. The monoisotopic (exact) mass is 501 g/mol. The molecule has 1 aromatic carbocycles. The number of imidazole rings is 2. The molecule has 6 aromatic rings. The Morgan fingerprint density at radius 1 is 1.08 bits per heavy atom. The quantitative estimate of drug-likeness (QED) is 0.358. The maximum Gasteiger partial charge on any atom is 0.259 e. The van der Waals surface area contributed by atoms with E-state index < -0.39 is 6.04 Å². The molecule has 0 bridgehead atoms. The van der Waals surface area contributed by atoms with Crippen LogP contribution in [0.1, 0.15) is 40.3 Å². The van der Waals surface area contributed by atoms with Crippen molar-refractivity contribution in [1.82, 2.24) is 38.9 Å². The van der Waals surface area contributed by atoms with E-state index in [1.54, 1.807) is 27.7 Å². The summed E-state index contributed by atoms with van der Waals surface area (Å²) in [6.07, 6.45) is 8.43. The van der Waals surface area contributed by atoms with Crippen molar-refractivity contribution in [1.29, 1.82) is 0 Å². The van der Waals surface area contributed by atoms with Crippen LogP contribution in [0.2, 0.25) is 0 Å². The lowest BCUT2D eigenvalue weighted by molar-refractivity contribution is 0.0941. The predicted molar refractivity (Wildman–Crippen MR) is 143 cm³/mol. The molecule has 0 saturated heterocycles. The summed E-state index contributed by atoms with van der Waals surface area (Å²) < 4.78 is 5.39. The molecule has 0 aliphatic rings. The number of amides is 1. The first kappa shape index (κ1) is 23.0. The number of nitrogen functional groups attached to an aromatic ring is 1. The molecule has 10 heteroatoms. The topological polar surface area (TPSA) is 120 Å². The highest BCUT2D eigenvalue weighted by molar-refractivity contribution is 6.04. The van der Waals surface area contributed by atoms with E-state index in [0.717, 1.165) is 28.2 Å². The molecule has 10 nitrogen and oxygen atoms in total. The normalized spacial score (nSPS) is 11.8. The van der Waals surface area contributed by atoms with Gasteiger partial charge in [-0.25, -0.2) is 15.0 Å². The van der Waals surface area contributed by atoms with Gasteiger partial charge in [0.05, 0.1) is 34.9 Å². The fourth-order valence-corrected chi connectivity index (χ4v) is 4.46. The van der Waals surface area contributed by atoms with E-state index in [1.807, 2.05) is 73.1 Å². The second-order valence-corrected chi connectivity index (χ2v) is 8.83. The van der Waals surface area contributed by atoms with E-state index in [-0.39, 0.29) is 17.3 Å². The van der Waals surface area contributed by atoms with E-state index in [4.69, 9.17) is 10.7 Å². The fourth-order valence-electron chi connectivity index (χ4n) is 4.46. The van der Waals surface area contributed by atoms with E-state index >= 15 is 0 Å². The molecule has 0 fully saturated rings. The van der Waals surface area contributed by atoms with Crippen LogP contribution in [0.25, 0.3) is 22.6 Å². The fraction of sp³-hybridized carbons (Fsp3) is 0.107. The summed E-state index contributed by atoms with van der Waals surface area (Å²) in [4.78, 5) is 26.7. The van der Waals surface area contributed by atoms with Gasteiger partial charge in [0.1, 0.15) is 23.4 Å². The molecular weight excluding hydrogens is 478 g/mol. The van der Waals surface area contributed by atoms with E-state index in [0.29, 0.717) is 11.3 Å². The van der Waals surface area contributed by atoms with Gasteiger partial charge in [-0.3, -0.25) is 18.3 Å². The SMILES string of the molecule is C[C@H](NC(=O)c1c(N)ncn2ccnc12)c1nc2cccc(C#Cc3cnn(C)c3)n2c1-c1ccccc1. The summed E-state index contributed by atoms with van der Waals surface area (Å²) in [6, 6.07) is 15.3. The first-order chi connectivity index (χ1) is 18.5. The Hall–Kier alpha value is -5.43. The Labute approximate surface area is 217 Å². The summed E-state index contributed by atoms with van der Waals surface area (Å²) in [5.74, 6) is 6.18. The molecule has 0 aliphatic carbocycles. The van der Waals surface area contributed by atoms with Crippen molar-refractivity contribution in [3.05, 3.63) is 102 Å². The minimum absolute atomic E-state index is 0.111. The third-order valence-corrected chi connectivity index (χ3v) is 6.21. The summed E-state index contributed by atoms with van der Waals surface area (Å²) in [6.45, 7) is 1.89. The van der Waals surface area contributed by atoms with E-state index in [2.05, 4.69) is 32.2 Å². The number of nitrogens with two attached hydrogens (primary N) is 1. The van der Waals surface area contributed by atoms with Crippen molar-refractivity contribution < 1.29 is 4.79 Å². The molecule has 186 valence electrons. The van der Waals surface area contributed by atoms with Crippen LogP contribution in [0.15, 0.2) is 79.6 Å². The Morgan fingerprint density at radius 2 is 1.92 bits per heavy atom. The molecule has 0 saturated carbocycles. The number of hydrogen-bond donors (Lipinski definition) is 2. The first-order valence-corrected chi connectivity index (χ1v) is 11.9. The number of aryl methyl sites for hydroxylation is 1. The van der Waals surface area contributed by atoms with Gasteiger partial charge in [-0.15, -0.1) is 0 Å². The summed E-state index contributed by atoms with van der Waals surface area (Å²) >= 11 is 0. The highest BCUT2D eigenvalue weighted by Crippen LogP contribution is 2.31. The van der Waals surface area contributed by atoms with Gasteiger partial charge in [0.2, 0.25) is 0 Å². The average molecular weight is 502 g/mol. The van der Waals surface area contributed by atoms with Crippen molar-refractivity contribution in [3.8, 4) is 23.1 Å². The maximum absolute atomic E-state index is 13.4. The molecule has 5 heterocycles. The number of nitrogens with one attached hydrogen (secondary N) is 1. The number of carbonyl (C=O) groups excluding carboxylic acids is 1. The lowest BCUT2D eigenvalue weighted by Gasteiger charge is -2.15. The Bertz CT molecular complexity index is 1870. The number of benzene rings is 1. The highest BCUT2D eigenvalue weighted by atomic mass is 16.1. The molecule has 0 radical (unpaired) electrons. The van der Waals surface area contributed by atoms with Crippen LogP contribution < -0.4 is 11.1 Å². The zero-order chi connectivity index (χ0) is 26.2. The lowest BCUT2D eigenvalue weighted by atomic mass is 10.1. The van der Waals surface area contributed by atoms with Gasteiger partial charge >= 0.3 is 0 Å². The van der Waals surface area contributed by atoms with Crippen molar-refractivity contribution in [2.45, 2.75) is 13.0 Å². The van der Waals surface area contributed by atoms with Gasteiger partial charge < -0.3 is 11.1 Å². The second kappa shape index (κ2) is 9.22. The van der Waals surface area contributed by atoms with Crippen LogP contribution >= 0.6 is 0 Å². The Kier molecular flexibility index (Phi) is 5.58. The molecule has 1 atom stereocenters. The van der Waals surface area contributed by atoms with Gasteiger partial charge in [0, 0.05) is 31.2 Å². The van der Waals surface area contributed by atoms with Crippen molar-refractivity contribution in [2.75, 3.05) is 5.73 Å². The standard InChI is InChI=1S/C28H23N9O/c1-18(33-28(38)23-26(29)31-17-36-14-13-30-27(23)36)24-25(20-7-4-3-5-8-20)37-21(9-6-10-22(37)34-24)12-11-19-15-32-35(2)16-19/h3-10,13-18H,29H2,1-2H3,(H,33,38)/t18-/m0/s1. The Morgan fingerprint density at radius 3 is 2.71 bits per heavy atom. The number of pyridine rings is 1. The smallest absolute Gasteiger partial charge is 0.259 e. The van der Waals surface area contributed by atoms with Gasteiger partial charge in [-0.05, 0) is 25.0 Å². The van der Waals surface area contributed by atoms with Gasteiger partial charge in [-0.2, -0.15) is 5.10 Å². The average Bonchev–Trinajstić information content (AvgIpc) is 3.66. The zero-order valence-electron chi connectivity index (χ0n) is 20.7. The van der Waals surface area contributed by atoms with Crippen LogP contribution in [0.5, 0.6) is 0 Å². The zero-order valence-corrected chi connectivity index (χ0v) is 20.7. The summed E-state index contributed by atoms with van der Waals surface area (Å²) in [5.41, 5.74) is 11.5. The number of nitrogens with zero attached hydrogens (tertiary/aromatic N) is 7.